The quantitative estimate of drug-likeness (QED) is 0.323. The maximum atomic E-state index is 10.5. The fourth-order valence-electron chi connectivity index (χ4n) is 3.80. The van der Waals surface area contributed by atoms with E-state index in [2.05, 4.69) is 0 Å². The van der Waals surface area contributed by atoms with Gasteiger partial charge in [-0.05, 0) is 13.0 Å². The number of aliphatic hydroxyl groups excluding tert-OH is 5. The minimum atomic E-state index is -1.56. The van der Waals surface area contributed by atoms with Crippen LogP contribution in [-0.2, 0) is 14.2 Å². The summed E-state index contributed by atoms with van der Waals surface area (Å²) < 4.78 is 16.3. The molecule has 1 saturated heterocycles. The molecule has 10 atom stereocenters. The normalized spacial score (nSPS) is 54.4. The van der Waals surface area contributed by atoms with Crippen molar-refractivity contribution in [2.75, 3.05) is 6.61 Å². The van der Waals surface area contributed by atoms with Crippen molar-refractivity contribution < 1.29 is 44.8 Å². The van der Waals surface area contributed by atoms with Crippen molar-refractivity contribution in [2.24, 2.45) is 11.8 Å². The maximum Gasteiger partial charge on any atom is 0.207 e. The molecule has 0 aromatic heterocycles. The molecule has 6 N–H and O–H groups in total. The fraction of sp³-hybridized carbons (Fsp3) is 0.867. The van der Waals surface area contributed by atoms with E-state index in [9.17, 15) is 30.6 Å². The molecule has 0 aromatic rings. The van der Waals surface area contributed by atoms with Gasteiger partial charge in [-0.25, -0.2) is 0 Å². The van der Waals surface area contributed by atoms with Gasteiger partial charge in [-0.3, -0.25) is 0 Å². The molecule has 0 spiro atoms. The molecule has 3 aliphatic rings. The minimum Gasteiger partial charge on any atom is -0.472 e. The van der Waals surface area contributed by atoms with Gasteiger partial charge in [-0.15, -0.1) is 0 Å². The standard InChI is InChI=1S/C15H24O9/c1-15(21)4-7(17)6-2-3-22-13(9(6)15)24-14-12(20)11(19)10(18)8(5-16)23-14/h2-3,6-14,16-21H,4-5H2,1H3/t6-,7+,8+,9+,10+,11-,12+,13-,14-,15-/m0/s1. The Hall–Kier alpha value is -0.780. The summed E-state index contributed by atoms with van der Waals surface area (Å²) in [7, 11) is 0. The Kier molecular flexibility index (Phi) is 4.89. The number of hydrogen-bond acceptors (Lipinski definition) is 9. The van der Waals surface area contributed by atoms with Crippen LogP contribution in [0.2, 0.25) is 0 Å². The van der Waals surface area contributed by atoms with Crippen LogP contribution in [0.15, 0.2) is 12.3 Å². The predicted octanol–water partition coefficient (Wildman–Crippen LogP) is -2.58. The third kappa shape index (κ3) is 2.95. The Morgan fingerprint density at radius 2 is 1.83 bits per heavy atom. The number of ether oxygens (including phenoxy) is 3. The van der Waals surface area contributed by atoms with Crippen molar-refractivity contribution in [2.45, 2.75) is 62.0 Å². The number of fused-ring (bicyclic) bond motifs is 1. The summed E-state index contributed by atoms with van der Waals surface area (Å²) in [4.78, 5) is 0. The third-order valence-electron chi connectivity index (χ3n) is 5.12. The molecule has 0 radical (unpaired) electrons. The van der Waals surface area contributed by atoms with E-state index in [1.807, 2.05) is 0 Å². The number of hydrogen-bond donors (Lipinski definition) is 6. The zero-order valence-electron chi connectivity index (χ0n) is 13.2. The highest BCUT2D eigenvalue weighted by molar-refractivity contribution is 5.10. The Morgan fingerprint density at radius 1 is 1.12 bits per heavy atom. The van der Waals surface area contributed by atoms with Crippen molar-refractivity contribution in [3.8, 4) is 0 Å². The Labute approximate surface area is 138 Å². The third-order valence-corrected chi connectivity index (χ3v) is 5.12. The van der Waals surface area contributed by atoms with Crippen LogP contribution < -0.4 is 0 Å². The van der Waals surface area contributed by atoms with Gasteiger partial charge in [0.15, 0.2) is 6.29 Å². The smallest absolute Gasteiger partial charge is 0.207 e. The summed E-state index contributed by atoms with van der Waals surface area (Å²) in [6.07, 6.45) is -5.74. The molecular weight excluding hydrogens is 324 g/mol. The predicted molar refractivity (Wildman–Crippen MR) is 77.1 cm³/mol. The van der Waals surface area contributed by atoms with E-state index in [0.717, 1.165) is 0 Å². The van der Waals surface area contributed by atoms with Crippen LogP contribution in [0.1, 0.15) is 13.3 Å². The monoisotopic (exact) mass is 348 g/mol. The van der Waals surface area contributed by atoms with Gasteiger partial charge in [0.25, 0.3) is 0 Å². The molecule has 1 saturated carbocycles. The van der Waals surface area contributed by atoms with Crippen LogP contribution in [-0.4, -0.2) is 85.9 Å². The highest BCUT2D eigenvalue weighted by atomic mass is 16.8. The molecule has 1 aliphatic carbocycles. The summed E-state index contributed by atoms with van der Waals surface area (Å²) in [5.74, 6) is -0.992. The van der Waals surface area contributed by atoms with Crippen molar-refractivity contribution in [3.63, 3.8) is 0 Å². The van der Waals surface area contributed by atoms with Gasteiger partial charge in [0.2, 0.25) is 6.29 Å². The fourth-order valence-corrected chi connectivity index (χ4v) is 3.80. The summed E-state index contributed by atoms with van der Waals surface area (Å²) in [5, 5.41) is 59.5. The molecule has 0 amide bonds. The van der Waals surface area contributed by atoms with Crippen LogP contribution in [0.4, 0.5) is 0 Å². The molecule has 2 fully saturated rings. The second-order valence-corrected chi connectivity index (χ2v) is 6.90. The van der Waals surface area contributed by atoms with E-state index >= 15 is 0 Å². The first-order valence-corrected chi connectivity index (χ1v) is 7.95. The van der Waals surface area contributed by atoms with Crippen LogP contribution in [0, 0.1) is 11.8 Å². The topological polar surface area (TPSA) is 149 Å². The van der Waals surface area contributed by atoms with E-state index in [4.69, 9.17) is 14.2 Å². The first kappa shape index (κ1) is 18.0. The Morgan fingerprint density at radius 3 is 2.50 bits per heavy atom. The molecule has 138 valence electrons. The lowest BCUT2D eigenvalue weighted by Gasteiger charge is -2.43. The van der Waals surface area contributed by atoms with Gasteiger partial charge in [0.1, 0.15) is 24.4 Å². The van der Waals surface area contributed by atoms with E-state index in [1.165, 1.54) is 6.26 Å². The van der Waals surface area contributed by atoms with Crippen LogP contribution in [0.5, 0.6) is 0 Å². The second-order valence-electron chi connectivity index (χ2n) is 6.90. The number of rotatable bonds is 3. The second kappa shape index (κ2) is 6.50. The lowest BCUT2D eigenvalue weighted by Crippen LogP contribution is -2.60. The lowest BCUT2D eigenvalue weighted by atomic mass is 9.85. The van der Waals surface area contributed by atoms with Crippen LogP contribution in [0.25, 0.3) is 0 Å². The molecule has 0 unspecified atom stereocenters. The molecule has 2 aliphatic heterocycles. The molecule has 0 aromatic carbocycles. The maximum absolute atomic E-state index is 10.5. The molecular formula is C15H24O9. The average Bonchev–Trinajstić information content (AvgIpc) is 2.78. The van der Waals surface area contributed by atoms with E-state index in [1.54, 1.807) is 13.0 Å². The SMILES string of the molecule is C[C@]1(O)C[C@@H](O)[C@@H]2C=CO[C@@H](O[C@@H]3O[C@H](CO)[C@@H](O)[C@H](O)[C@H]3O)[C@@H]21. The molecule has 24 heavy (non-hydrogen) atoms. The van der Waals surface area contributed by atoms with Gasteiger partial charge in [0.05, 0.1) is 30.5 Å². The Balaban J connectivity index is 1.76. The van der Waals surface area contributed by atoms with Crippen molar-refractivity contribution >= 4 is 0 Å². The zero-order chi connectivity index (χ0) is 17.6. The first-order chi connectivity index (χ1) is 11.3. The average molecular weight is 348 g/mol. The summed E-state index contributed by atoms with van der Waals surface area (Å²) >= 11 is 0. The molecule has 9 nitrogen and oxygen atoms in total. The van der Waals surface area contributed by atoms with Crippen LogP contribution in [0.3, 0.4) is 0 Å². The summed E-state index contributed by atoms with van der Waals surface area (Å²) in [6, 6.07) is 0. The molecule has 2 heterocycles. The van der Waals surface area contributed by atoms with Gasteiger partial charge in [-0.2, -0.15) is 0 Å². The van der Waals surface area contributed by atoms with E-state index in [-0.39, 0.29) is 12.3 Å². The van der Waals surface area contributed by atoms with Crippen molar-refractivity contribution in [1.82, 2.24) is 0 Å². The van der Waals surface area contributed by atoms with Gasteiger partial charge in [0, 0.05) is 12.3 Å². The van der Waals surface area contributed by atoms with E-state index < -0.39 is 61.2 Å². The summed E-state index contributed by atoms with van der Waals surface area (Å²) in [5.41, 5.74) is -1.26. The van der Waals surface area contributed by atoms with Gasteiger partial charge < -0.3 is 44.8 Å². The largest absolute Gasteiger partial charge is 0.472 e. The Bertz CT molecular complexity index is 480. The van der Waals surface area contributed by atoms with Crippen molar-refractivity contribution in [3.05, 3.63) is 12.3 Å². The minimum absolute atomic E-state index is 0.143. The first-order valence-electron chi connectivity index (χ1n) is 7.95. The van der Waals surface area contributed by atoms with Crippen molar-refractivity contribution in [1.29, 1.82) is 0 Å². The number of aliphatic hydroxyl groups is 6. The van der Waals surface area contributed by atoms with Gasteiger partial charge in [-0.1, -0.05) is 0 Å². The highest BCUT2D eigenvalue weighted by Gasteiger charge is 2.56. The molecule has 9 heteroatoms. The molecule has 3 rings (SSSR count). The van der Waals surface area contributed by atoms with E-state index in [0.29, 0.717) is 0 Å². The zero-order valence-corrected chi connectivity index (χ0v) is 13.2. The highest BCUT2D eigenvalue weighted by Crippen LogP contribution is 2.46. The van der Waals surface area contributed by atoms with Crippen LogP contribution >= 0.6 is 0 Å². The molecule has 0 bridgehead atoms. The lowest BCUT2D eigenvalue weighted by molar-refractivity contribution is -0.346. The summed E-state index contributed by atoms with van der Waals surface area (Å²) in [6.45, 7) is 0.992. The van der Waals surface area contributed by atoms with Gasteiger partial charge >= 0.3 is 0 Å².